The third-order valence-corrected chi connectivity index (χ3v) is 6.52. The Kier molecular flexibility index (Phi) is 7.40. The first-order valence-corrected chi connectivity index (χ1v) is 11.3. The van der Waals surface area contributed by atoms with E-state index < -0.39 is 28.5 Å². The molecule has 0 aliphatic heterocycles. The van der Waals surface area contributed by atoms with Gasteiger partial charge in [-0.25, -0.2) is 12.7 Å². The average Bonchev–Trinajstić information content (AvgIpc) is 2.79. The van der Waals surface area contributed by atoms with Crippen molar-refractivity contribution in [3.05, 3.63) is 84.4 Å². The van der Waals surface area contributed by atoms with Crippen LogP contribution in [0.15, 0.2) is 83.8 Å². The molecule has 3 aromatic rings. The molecule has 0 aromatic heterocycles. The number of nitrogens with zero attached hydrogens (tertiary/aromatic N) is 1. The number of ether oxygens (including phenoxy) is 1. The minimum Gasteiger partial charge on any atom is -0.455 e. The number of anilines is 1. The van der Waals surface area contributed by atoms with E-state index in [1.165, 1.54) is 38.4 Å². The number of sulfonamides is 1. The molecular weight excluding hydrogens is 428 g/mol. The fourth-order valence-corrected chi connectivity index (χ4v) is 3.83. The molecule has 0 heterocycles. The molecular formula is C24H24N2O5S. The van der Waals surface area contributed by atoms with Crippen molar-refractivity contribution in [2.45, 2.75) is 11.3 Å². The molecule has 166 valence electrons. The van der Waals surface area contributed by atoms with Gasteiger partial charge < -0.3 is 10.1 Å². The van der Waals surface area contributed by atoms with Gasteiger partial charge in [0.1, 0.15) is 0 Å². The largest absolute Gasteiger partial charge is 0.455 e. The summed E-state index contributed by atoms with van der Waals surface area (Å²) in [4.78, 5) is 24.2. The quantitative estimate of drug-likeness (QED) is 0.529. The first-order chi connectivity index (χ1) is 15.3. The lowest BCUT2D eigenvalue weighted by atomic mass is 10.0. The smallest absolute Gasteiger partial charge is 0.310 e. The summed E-state index contributed by atoms with van der Waals surface area (Å²) >= 11 is 0. The van der Waals surface area contributed by atoms with Crippen molar-refractivity contribution in [3.8, 4) is 11.1 Å². The van der Waals surface area contributed by atoms with Gasteiger partial charge in [-0.05, 0) is 41.0 Å². The van der Waals surface area contributed by atoms with Crippen LogP contribution in [0, 0.1) is 0 Å². The van der Waals surface area contributed by atoms with E-state index in [1.54, 1.807) is 0 Å². The standard InChI is InChI=1S/C24H24N2O5S/c1-26(2)32(29,30)22-14-12-21(13-15-22)25-23(27)17-31-24(28)16-18-8-10-20(11-9-18)19-6-4-3-5-7-19/h3-15H,16-17H2,1-2H3,(H,25,27). The van der Waals surface area contributed by atoms with Crippen molar-refractivity contribution in [1.82, 2.24) is 4.31 Å². The second-order valence-corrected chi connectivity index (χ2v) is 9.41. The predicted molar refractivity (Wildman–Crippen MR) is 122 cm³/mol. The molecule has 0 radical (unpaired) electrons. The van der Waals surface area contributed by atoms with Crippen LogP contribution in [0.4, 0.5) is 5.69 Å². The van der Waals surface area contributed by atoms with Crippen molar-refractivity contribution < 1.29 is 22.7 Å². The van der Waals surface area contributed by atoms with Crippen LogP contribution in [0.25, 0.3) is 11.1 Å². The Bertz CT molecular complexity index is 1170. The fourth-order valence-electron chi connectivity index (χ4n) is 2.93. The summed E-state index contributed by atoms with van der Waals surface area (Å²) in [6.07, 6.45) is 0.0550. The Morgan fingerprint density at radius 3 is 2.03 bits per heavy atom. The zero-order valence-corrected chi connectivity index (χ0v) is 18.6. The number of hydrogen-bond acceptors (Lipinski definition) is 5. The maximum Gasteiger partial charge on any atom is 0.310 e. The molecule has 0 unspecified atom stereocenters. The Labute approximate surface area is 187 Å². The molecule has 0 fully saturated rings. The lowest BCUT2D eigenvalue weighted by Gasteiger charge is -2.12. The first kappa shape index (κ1) is 23.2. The van der Waals surface area contributed by atoms with Crippen LogP contribution < -0.4 is 5.32 Å². The van der Waals surface area contributed by atoms with Crippen molar-refractivity contribution in [1.29, 1.82) is 0 Å². The molecule has 1 N–H and O–H groups in total. The molecule has 32 heavy (non-hydrogen) atoms. The minimum absolute atomic E-state index is 0.0550. The molecule has 0 saturated heterocycles. The minimum atomic E-state index is -3.54. The van der Waals surface area contributed by atoms with E-state index in [1.807, 2.05) is 54.6 Å². The fraction of sp³-hybridized carbons (Fsp3) is 0.167. The summed E-state index contributed by atoms with van der Waals surface area (Å²) in [5.74, 6) is -1.03. The van der Waals surface area contributed by atoms with E-state index in [4.69, 9.17) is 4.74 Å². The molecule has 3 aromatic carbocycles. The van der Waals surface area contributed by atoms with Gasteiger partial charge in [-0.15, -0.1) is 0 Å². The first-order valence-electron chi connectivity index (χ1n) is 9.88. The van der Waals surface area contributed by atoms with Crippen molar-refractivity contribution >= 4 is 27.6 Å². The highest BCUT2D eigenvalue weighted by atomic mass is 32.2. The third kappa shape index (κ3) is 6.03. The molecule has 0 atom stereocenters. The topological polar surface area (TPSA) is 92.8 Å². The number of carbonyl (C=O) groups excluding carboxylic acids is 2. The highest BCUT2D eigenvalue weighted by Crippen LogP contribution is 2.20. The summed E-state index contributed by atoms with van der Waals surface area (Å²) in [5.41, 5.74) is 3.32. The highest BCUT2D eigenvalue weighted by Gasteiger charge is 2.17. The summed E-state index contributed by atoms with van der Waals surface area (Å²) in [6.45, 7) is -0.432. The van der Waals surface area contributed by atoms with E-state index in [0.29, 0.717) is 5.69 Å². The molecule has 0 aliphatic carbocycles. The molecule has 1 amide bonds. The SMILES string of the molecule is CN(C)S(=O)(=O)c1ccc(NC(=O)COC(=O)Cc2ccc(-c3ccccc3)cc2)cc1. The molecule has 0 bridgehead atoms. The summed E-state index contributed by atoms with van der Waals surface area (Å²) < 4.78 is 30.3. The summed E-state index contributed by atoms with van der Waals surface area (Å²) in [7, 11) is -0.658. The third-order valence-electron chi connectivity index (χ3n) is 4.69. The second-order valence-electron chi connectivity index (χ2n) is 7.26. The normalized spacial score (nSPS) is 11.2. The Morgan fingerprint density at radius 2 is 1.44 bits per heavy atom. The number of rotatable bonds is 8. The number of hydrogen-bond donors (Lipinski definition) is 1. The van der Waals surface area contributed by atoms with Gasteiger partial charge in [0, 0.05) is 19.8 Å². The number of nitrogens with one attached hydrogen (secondary N) is 1. The van der Waals surface area contributed by atoms with Gasteiger partial charge >= 0.3 is 5.97 Å². The average molecular weight is 453 g/mol. The van der Waals surface area contributed by atoms with E-state index in [2.05, 4.69) is 5.32 Å². The van der Waals surface area contributed by atoms with Gasteiger partial charge in [-0.3, -0.25) is 9.59 Å². The Balaban J connectivity index is 1.48. The van der Waals surface area contributed by atoms with Gasteiger partial charge in [-0.2, -0.15) is 0 Å². The van der Waals surface area contributed by atoms with Gasteiger partial charge in [-0.1, -0.05) is 54.6 Å². The van der Waals surface area contributed by atoms with Crippen molar-refractivity contribution in [2.75, 3.05) is 26.0 Å². The second kappa shape index (κ2) is 10.2. The highest BCUT2D eigenvalue weighted by molar-refractivity contribution is 7.89. The molecule has 7 nitrogen and oxygen atoms in total. The van der Waals surface area contributed by atoms with E-state index in [9.17, 15) is 18.0 Å². The molecule has 0 saturated carbocycles. The number of carbonyl (C=O) groups is 2. The lowest BCUT2D eigenvalue weighted by Crippen LogP contribution is -2.23. The van der Waals surface area contributed by atoms with Gasteiger partial charge in [0.25, 0.3) is 5.91 Å². The van der Waals surface area contributed by atoms with Gasteiger partial charge in [0.05, 0.1) is 11.3 Å². The van der Waals surface area contributed by atoms with Crippen LogP contribution in [-0.2, 0) is 30.8 Å². The summed E-state index contributed by atoms with van der Waals surface area (Å²) in [6, 6.07) is 23.2. The van der Waals surface area contributed by atoms with Crippen molar-refractivity contribution in [2.24, 2.45) is 0 Å². The zero-order valence-electron chi connectivity index (χ0n) is 17.8. The zero-order chi connectivity index (χ0) is 23.1. The van der Waals surface area contributed by atoms with E-state index >= 15 is 0 Å². The predicted octanol–water partition coefficient (Wildman–Crippen LogP) is 3.33. The molecule has 0 spiro atoms. The maximum atomic E-state index is 12.1. The van der Waals surface area contributed by atoms with E-state index in [-0.39, 0.29) is 11.3 Å². The van der Waals surface area contributed by atoms with Crippen LogP contribution in [0.5, 0.6) is 0 Å². The van der Waals surface area contributed by atoms with Gasteiger partial charge in [0.2, 0.25) is 10.0 Å². The molecule has 8 heteroatoms. The van der Waals surface area contributed by atoms with Crippen LogP contribution >= 0.6 is 0 Å². The number of benzene rings is 3. The lowest BCUT2D eigenvalue weighted by molar-refractivity contribution is -0.146. The van der Waals surface area contributed by atoms with Crippen LogP contribution in [0.2, 0.25) is 0 Å². The van der Waals surface area contributed by atoms with Crippen LogP contribution in [0.3, 0.4) is 0 Å². The molecule has 3 rings (SSSR count). The van der Waals surface area contributed by atoms with Gasteiger partial charge in [0.15, 0.2) is 6.61 Å². The number of amides is 1. The van der Waals surface area contributed by atoms with Crippen LogP contribution in [-0.4, -0.2) is 45.3 Å². The van der Waals surface area contributed by atoms with Crippen LogP contribution in [0.1, 0.15) is 5.56 Å². The summed E-state index contributed by atoms with van der Waals surface area (Å²) in [5, 5.41) is 2.57. The van der Waals surface area contributed by atoms with E-state index in [0.717, 1.165) is 21.0 Å². The Morgan fingerprint density at radius 1 is 0.844 bits per heavy atom. The molecule has 0 aliphatic rings. The number of esters is 1. The maximum absolute atomic E-state index is 12.1. The Hall–Kier alpha value is -3.49. The van der Waals surface area contributed by atoms with Crippen molar-refractivity contribution in [3.63, 3.8) is 0 Å². The monoisotopic (exact) mass is 452 g/mol.